The molecule has 1 heterocycles. The maximum atomic E-state index is 14.3. The number of methoxy groups -OCH3 is 3. The smallest absolute Gasteiger partial charge is 0.203 e. The summed E-state index contributed by atoms with van der Waals surface area (Å²) in [6, 6.07) is 8.66. The first kappa shape index (κ1) is 18.6. The van der Waals surface area contributed by atoms with Crippen LogP contribution in [0.3, 0.4) is 0 Å². The molecule has 0 radical (unpaired) electrons. The minimum absolute atomic E-state index is 0.242. The lowest BCUT2D eigenvalue weighted by molar-refractivity contribution is 0.321. The van der Waals surface area contributed by atoms with Crippen molar-refractivity contribution in [1.29, 1.82) is 0 Å². The number of aromatic amines is 1. The van der Waals surface area contributed by atoms with E-state index in [9.17, 15) is 4.39 Å². The van der Waals surface area contributed by atoms with Crippen LogP contribution in [0, 0.1) is 5.82 Å². The average molecular weight is 371 g/mol. The highest BCUT2D eigenvalue weighted by atomic mass is 19.1. The molecule has 0 aliphatic heterocycles. The van der Waals surface area contributed by atoms with Crippen LogP contribution in [0.15, 0.2) is 42.7 Å². The van der Waals surface area contributed by atoms with Crippen molar-refractivity contribution in [2.24, 2.45) is 0 Å². The van der Waals surface area contributed by atoms with Crippen molar-refractivity contribution in [2.45, 2.75) is 6.92 Å². The number of rotatable bonds is 7. The maximum absolute atomic E-state index is 14.3. The van der Waals surface area contributed by atoms with Gasteiger partial charge in [-0.25, -0.2) is 4.39 Å². The van der Waals surface area contributed by atoms with Gasteiger partial charge in [0.25, 0.3) is 0 Å². The summed E-state index contributed by atoms with van der Waals surface area (Å²) < 4.78 is 35.8. The third-order valence-corrected chi connectivity index (χ3v) is 4.26. The zero-order chi connectivity index (χ0) is 19.4. The summed E-state index contributed by atoms with van der Waals surface area (Å²) in [6.07, 6.45) is 3.68. The number of benzene rings is 2. The van der Waals surface area contributed by atoms with Gasteiger partial charge in [-0.1, -0.05) is 6.07 Å². The minimum Gasteiger partial charge on any atom is -0.493 e. The largest absolute Gasteiger partial charge is 0.493 e. The summed E-state index contributed by atoms with van der Waals surface area (Å²) >= 11 is 0. The highest BCUT2D eigenvalue weighted by Crippen LogP contribution is 2.43. The predicted molar refractivity (Wildman–Crippen MR) is 102 cm³/mol. The minimum atomic E-state index is -0.397. The first-order chi connectivity index (χ1) is 13.1. The fraction of sp³-hybridized carbons (Fsp3) is 0.238. The van der Waals surface area contributed by atoms with Crippen LogP contribution in [0.5, 0.6) is 23.0 Å². The van der Waals surface area contributed by atoms with Crippen molar-refractivity contribution in [3.8, 4) is 45.3 Å². The summed E-state index contributed by atoms with van der Waals surface area (Å²) in [5, 5.41) is 0. The van der Waals surface area contributed by atoms with E-state index >= 15 is 0 Å². The van der Waals surface area contributed by atoms with E-state index in [4.69, 9.17) is 18.9 Å². The molecule has 3 rings (SSSR count). The van der Waals surface area contributed by atoms with Gasteiger partial charge in [0.05, 0.1) is 27.9 Å². The Hall–Kier alpha value is -3.15. The standard InChI is InChI=1S/C21H22FNO4/c1-5-27-18-7-6-13(8-17(18)22)15-11-23-12-16(15)14-9-19(24-2)21(26-4)20(10-14)25-3/h6-12,23H,5H2,1-4H3. The second kappa shape index (κ2) is 8.03. The fourth-order valence-corrected chi connectivity index (χ4v) is 3.02. The van der Waals surface area contributed by atoms with Crippen LogP contribution in [-0.4, -0.2) is 32.9 Å². The van der Waals surface area contributed by atoms with Gasteiger partial charge in [0, 0.05) is 23.5 Å². The summed E-state index contributed by atoms with van der Waals surface area (Å²) in [5.41, 5.74) is 3.33. The molecular weight excluding hydrogens is 349 g/mol. The molecule has 5 nitrogen and oxygen atoms in total. The fourth-order valence-electron chi connectivity index (χ4n) is 3.02. The Labute approximate surface area is 157 Å². The number of aromatic nitrogens is 1. The Morgan fingerprint density at radius 3 is 1.96 bits per heavy atom. The third kappa shape index (κ3) is 3.56. The summed E-state index contributed by atoms with van der Waals surface area (Å²) in [6.45, 7) is 2.24. The van der Waals surface area contributed by atoms with Crippen LogP contribution >= 0.6 is 0 Å². The van der Waals surface area contributed by atoms with Crippen molar-refractivity contribution in [3.63, 3.8) is 0 Å². The topological polar surface area (TPSA) is 52.7 Å². The maximum Gasteiger partial charge on any atom is 0.203 e. The van der Waals surface area contributed by atoms with Gasteiger partial charge >= 0.3 is 0 Å². The molecule has 2 aromatic carbocycles. The normalized spacial score (nSPS) is 10.6. The van der Waals surface area contributed by atoms with Gasteiger partial charge in [-0.05, 0) is 42.3 Å². The molecule has 0 saturated carbocycles. The molecular formula is C21H22FNO4. The molecule has 3 aromatic rings. The molecule has 1 aromatic heterocycles. The highest BCUT2D eigenvalue weighted by molar-refractivity contribution is 5.85. The predicted octanol–water partition coefficient (Wildman–Crippen LogP) is 4.91. The molecule has 27 heavy (non-hydrogen) atoms. The lowest BCUT2D eigenvalue weighted by Gasteiger charge is -2.14. The van der Waals surface area contributed by atoms with Gasteiger partial charge in [-0.2, -0.15) is 0 Å². The molecule has 0 fully saturated rings. The van der Waals surface area contributed by atoms with Crippen molar-refractivity contribution >= 4 is 0 Å². The molecule has 0 unspecified atom stereocenters. The van der Waals surface area contributed by atoms with Crippen LogP contribution in [0.4, 0.5) is 4.39 Å². The second-order valence-electron chi connectivity index (χ2n) is 5.77. The van der Waals surface area contributed by atoms with Crippen molar-refractivity contribution < 1.29 is 23.3 Å². The molecule has 0 aliphatic rings. The summed E-state index contributed by atoms with van der Waals surface area (Å²) in [7, 11) is 4.70. The van der Waals surface area contributed by atoms with Gasteiger partial charge in [0.15, 0.2) is 23.1 Å². The molecule has 0 amide bonds. The van der Waals surface area contributed by atoms with Crippen LogP contribution in [0.1, 0.15) is 6.92 Å². The lowest BCUT2D eigenvalue weighted by Crippen LogP contribution is -1.96. The Balaban J connectivity index is 2.09. The molecule has 1 N–H and O–H groups in total. The van der Waals surface area contributed by atoms with Crippen LogP contribution < -0.4 is 18.9 Å². The Bertz CT molecular complexity index is 911. The third-order valence-electron chi connectivity index (χ3n) is 4.26. The van der Waals surface area contributed by atoms with Crippen molar-refractivity contribution in [1.82, 2.24) is 4.98 Å². The van der Waals surface area contributed by atoms with Crippen LogP contribution in [-0.2, 0) is 0 Å². The molecule has 0 atom stereocenters. The average Bonchev–Trinajstić information content (AvgIpc) is 3.18. The van der Waals surface area contributed by atoms with Gasteiger partial charge in [0.1, 0.15) is 0 Å². The zero-order valence-corrected chi connectivity index (χ0v) is 15.8. The number of hydrogen-bond acceptors (Lipinski definition) is 4. The number of ether oxygens (including phenoxy) is 4. The van der Waals surface area contributed by atoms with Crippen LogP contribution in [0.25, 0.3) is 22.3 Å². The molecule has 0 bridgehead atoms. The number of nitrogens with one attached hydrogen (secondary N) is 1. The Kier molecular flexibility index (Phi) is 5.54. The van der Waals surface area contributed by atoms with Gasteiger partial charge in [-0.15, -0.1) is 0 Å². The first-order valence-electron chi connectivity index (χ1n) is 8.52. The monoisotopic (exact) mass is 371 g/mol. The van der Waals surface area contributed by atoms with Crippen molar-refractivity contribution in [2.75, 3.05) is 27.9 Å². The van der Waals surface area contributed by atoms with E-state index < -0.39 is 5.82 Å². The van der Waals surface area contributed by atoms with Crippen molar-refractivity contribution in [3.05, 3.63) is 48.5 Å². The molecule has 142 valence electrons. The van der Waals surface area contributed by atoms with Gasteiger partial charge in [-0.3, -0.25) is 0 Å². The first-order valence-corrected chi connectivity index (χ1v) is 8.52. The lowest BCUT2D eigenvalue weighted by atomic mass is 9.98. The molecule has 0 spiro atoms. The van der Waals surface area contributed by atoms with E-state index in [1.54, 1.807) is 27.4 Å². The van der Waals surface area contributed by atoms with Crippen LogP contribution in [0.2, 0.25) is 0 Å². The zero-order valence-electron chi connectivity index (χ0n) is 15.8. The molecule has 6 heteroatoms. The molecule has 0 saturated heterocycles. The van der Waals surface area contributed by atoms with E-state index in [0.29, 0.717) is 23.9 Å². The van der Waals surface area contributed by atoms with E-state index in [-0.39, 0.29) is 5.75 Å². The Morgan fingerprint density at radius 1 is 0.815 bits per heavy atom. The van der Waals surface area contributed by atoms with E-state index in [2.05, 4.69) is 4.98 Å². The van der Waals surface area contributed by atoms with E-state index in [0.717, 1.165) is 22.3 Å². The Morgan fingerprint density at radius 2 is 1.44 bits per heavy atom. The quantitative estimate of drug-likeness (QED) is 0.641. The van der Waals surface area contributed by atoms with E-state index in [1.807, 2.05) is 37.5 Å². The van der Waals surface area contributed by atoms with E-state index in [1.165, 1.54) is 6.07 Å². The van der Waals surface area contributed by atoms with Gasteiger partial charge in [0.2, 0.25) is 5.75 Å². The molecule has 0 aliphatic carbocycles. The second-order valence-corrected chi connectivity index (χ2v) is 5.77. The highest BCUT2D eigenvalue weighted by Gasteiger charge is 2.17. The van der Waals surface area contributed by atoms with Gasteiger partial charge < -0.3 is 23.9 Å². The number of halogens is 1. The summed E-state index contributed by atoms with van der Waals surface area (Å²) in [4.78, 5) is 3.09. The number of hydrogen-bond donors (Lipinski definition) is 1. The summed E-state index contributed by atoms with van der Waals surface area (Å²) in [5.74, 6) is 1.47. The number of H-pyrrole nitrogens is 1. The SMILES string of the molecule is CCOc1ccc(-c2c[nH]cc2-c2cc(OC)c(OC)c(OC)c2)cc1F.